The molecule has 0 saturated heterocycles. The summed E-state index contributed by atoms with van der Waals surface area (Å²) in [5.74, 6) is -0.286. The van der Waals surface area contributed by atoms with Crippen LogP contribution < -0.4 is 0 Å². The lowest BCUT2D eigenvalue weighted by atomic mass is 10.0. The lowest BCUT2D eigenvalue weighted by Crippen LogP contribution is -2.11. The van der Waals surface area contributed by atoms with Gasteiger partial charge in [-0.1, -0.05) is 15.9 Å². The number of aryl methyl sites for hydroxylation is 1. The molecule has 2 rings (SSSR count). The maximum atomic E-state index is 13.2. The molecule has 0 aliphatic heterocycles. The topological polar surface area (TPSA) is 33.1 Å². The number of rotatable bonds is 5. The van der Waals surface area contributed by atoms with Crippen LogP contribution in [0.3, 0.4) is 0 Å². The predicted molar refractivity (Wildman–Crippen MR) is 76.4 cm³/mol. The monoisotopic (exact) mass is 323 g/mol. The van der Waals surface area contributed by atoms with Crippen LogP contribution in [-0.2, 0) is 12.8 Å². The van der Waals surface area contributed by atoms with Crippen molar-refractivity contribution in [1.82, 2.24) is 4.98 Å². The summed E-state index contributed by atoms with van der Waals surface area (Å²) >= 11 is 3.25. The largest absolute Gasteiger partial charge is 0.393 e. The van der Waals surface area contributed by atoms with Gasteiger partial charge in [-0.2, -0.15) is 0 Å². The van der Waals surface area contributed by atoms with Crippen molar-refractivity contribution < 1.29 is 9.50 Å². The van der Waals surface area contributed by atoms with Gasteiger partial charge in [0, 0.05) is 16.9 Å². The van der Waals surface area contributed by atoms with Gasteiger partial charge in [-0.3, -0.25) is 4.98 Å². The minimum absolute atomic E-state index is 0.286. The van der Waals surface area contributed by atoms with Crippen molar-refractivity contribution in [2.75, 3.05) is 0 Å². The zero-order valence-electron chi connectivity index (χ0n) is 10.4. The van der Waals surface area contributed by atoms with E-state index >= 15 is 0 Å². The van der Waals surface area contributed by atoms with Crippen molar-refractivity contribution in [2.45, 2.75) is 25.4 Å². The fourth-order valence-electron chi connectivity index (χ4n) is 1.99. The molecule has 1 atom stereocenters. The molecular formula is C15H15BrFNO. The van der Waals surface area contributed by atoms with Crippen LogP contribution in [0.25, 0.3) is 0 Å². The van der Waals surface area contributed by atoms with Crippen molar-refractivity contribution in [3.63, 3.8) is 0 Å². The Hall–Kier alpha value is -1.26. The van der Waals surface area contributed by atoms with E-state index in [1.165, 1.54) is 12.1 Å². The van der Waals surface area contributed by atoms with Crippen molar-refractivity contribution in [2.24, 2.45) is 0 Å². The quantitative estimate of drug-likeness (QED) is 0.913. The highest BCUT2D eigenvalue weighted by atomic mass is 79.9. The Morgan fingerprint density at radius 3 is 2.58 bits per heavy atom. The smallest absolute Gasteiger partial charge is 0.124 e. The third-order valence-corrected chi connectivity index (χ3v) is 3.37. The molecule has 1 N–H and O–H groups in total. The molecule has 0 amide bonds. The van der Waals surface area contributed by atoms with Crippen LogP contribution in [0.2, 0.25) is 0 Å². The van der Waals surface area contributed by atoms with Gasteiger partial charge < -0.3 is 5.11 Å². The highest BCUT2D eigenvalue weighted by Gasteiger charge is 2.08. The number of hydrogen-bond donors (Lipinski definition) is 1. The van der Waals surface area contributed by atoms with Crippen LogP contribution in [0.4, 0.5) is 4.39 Å². The molecule has 0 fully saturated rings. The number of aliphatic hydroxyl groups is 1. The second-order valence-corrected chi connectivity index (χ2v) is 5.45. The van der Waals surface area contributed by atoms with Crippen molar-refractivity contribution in [1.29, 1.82) is 0 Å². The second-order valence-electron chi connectivity index (χ2n) is 4.53. The molecule has 0 saturated carbocycles. The molecule has 0 aliphatic carbocycles. The Morgan fingerprint density at radius 1 is 1.16 bits per heavy atom. The van der Waals surface area contributed by atoms with E-state index in [1.54, 1.807) is 12.4 Å². The van der Waals surface area contributed by atoms with E-state index in [-0.39, 0.29) is 5.82 Å². The fourth-order valence-corrected chi connectivity index (χ4v) is 2.50. The Kier molecular flexibility index (Phi) is 5.05. The normalized spacial score (nSPS) is 12.4. The minimum atomic E-state index is -0.470. The van der Waals surface area contributed by atoms with Crippen molar-refractivity contribution in [3.05, 3.63) is 64.1 Å². The maximum Gasteiger partial charge on any atom is 0.124 e. The van der Waals surface area contributed by atoms with Gasteiger partial charge in [-0.25, -0.2) is 4.39 Å². The molecule has 100 valence electrons. The molecule has 1 heterocycles. The van der Waals surface area contributed by atoms with Gasteiger partial charge in [0.2, 0.25) is 0 Å². The van der Waals surface area contributed by atoms with Crippen molar-refractivity contribution in [3.8, 4) is 0 Å². The van der Waals surface area contributed by atoms with E-state index in [4.69, 9.17) is 0 Å². The van der Waals surface area contributed by atoms with Crippen LogP contribution in [0.1, 0.15) is 17.5 Å². The summed E-state index contributed by atoms with van der Waals surface area (Å²) in [6.07, 6.45) is 4.91. The maximum absolute atomic E-state index is 13.2. The van der Waals surface area contributed by atoms with Crippen molar-refractivity contribution >= 4 is 15.9 Å². The van der Waals surface area contributed by atoms with Gasteiger partial charge >= 0.3 is 0 Å². The molecule has 1 aromatic carbocycles. The van der Waals surface area contributed by atoms with Gasteiger partial charge in [-0.15, -0.1) is 0 Å². The summed E-state index contributed by atoms with van der Waals surface area (Å²) in [4.78, 5) is 3.95. The number of aliphatic hydroxyl groups excluding tert-OH is 1. The van der Waals surface area contributed by atoms with E-state index in [0.29, 0.717) is 17.3 Å². The molecule has 4 heteroatoms. The van der Waals surface area contributed by atoms with Crippen LogP contribution in [0.15, 0.2) is 47.2 Å². The second kappa shape index (κ2) is 6.78. The molecule has 19 heavy (non-hydrogen) atoms. The Labute approximate surface area is 120 Å². The molecule has 0 bridgehead atoms. The number of aromatic nitrogens is 1. The van der Waals surface area contributed by atoms with E-state index < -0.39 is 6.10 Å². The molecule has 0 radical (unpaired) electrons. The lowest BCUT2D eigenvalue weighted by molar-refractivity contribution is 0.165. The van der Waals surface area contributed by atoms with E-state index in [0.717, 1.165) is 17.5 Å². The number of benzene rings is 1. The van der Waals surface area contributed by atoms with Gasteiger partial charge in [0.05, 0.1) is 6.10 Å². The first-order chi connectivity index (χ1) is 9.13. The summed E-state index contributed by atoms with van der Waals surface area (Å²) in [5, 5.41) is 9.99. The first-order valence-corrected chi connectivity index (χ1v) is 6.95. The Balaban J connectivity index is 1.89. The zero-order chi connectivity index (χ0) is 13.7. The third kappa shape index (κ3) is 4.73. The average molecular weight is 324 g/mol. The van der Waals surface area contributed by atoms with Gasteiger partial charge in [-0.05, 0) is 60.7 Å². The average Bonchev–Trinajstić information content (AvgIpc) is 2.36. The van der Waals surface area contributed by atoms with Crippen LogP contribution in [0, 0.1) is 5.82 Å². The first-order valence-electron chi connectivity index (χ1n) is 6.15. The highest BCUT2D eigenvalue weighted by molar-refractivity contribution is 9.10. The number of halogens is 2. The Bertz CT molecular complexity index is 513. The van der Waals surface area contributed by atoms with E-state index in [1.807, 2.05) is 18.2 Å². The summed E-state index contributed by atoms with van der Waals surface area (Å²) in [6, 6.07) is 8.57. The van der Waals surface area contributed by atoms with Gasteiger partial charge in [0.1, 0.15) is 5.82 Å². The molecule has 0 spiro atoms. The predicted octanol–water partition coefficient (Wildman–Crippen LogP) is 3.52. The summed E-state index contributed by atoms with van der Waals surface area (Å²) < 4.78 is 13.9. The molecule has 1 unspecified atom stereocenters. The lowest BCUT2D eigenvalue weighted by Gasteiger charge is -2.11. The van der Waals surface area contributed by atoms with E-state index in [9.17, 15) is 9.50 Å². The number of hydrogen-bond acceptors (Lipinski definition) is 2. The van der Waals surface area contributed by atoms with Crippen LogP contribution in [0.5, 0.6) is 0 Å². The SMILES string of the molecule is OC(CCc1ccncc1)Cc1cc(F)cc(Br)c1. The Morgan fingerprint density at radius 2 is 1.89 bits per heavy atom. The van der Waals surface area contributed by atoms with Gasteiger partial charge in [0.25, 0.3) is 0 Å². The standard InChI is InChI=1S/C15H15BrFNO/c16-13-7-12(8-14(17)10-13)9-15(19)2-1-11-3-5-18-6-4-11/h3-8,10,15,19H,1-2,9H2. The number of nitrogens with zero attached hydrogens (tertiary/aromatic N) is 1. The first kappa shape index (κ1) is 14.2. The molecule has 1 aromatic heterocycles. The molecule has 2 nitrogen and oxygen atoms in total. The van der Waals surface area contributed by atoms with Crippen LogP contribution in [-0.4, -0.2) is 16.2 Å². The summed E-state index contributed by atoms with van der Waals surface area (Å²) in [6.45, 7) is 0. The summed E-state index contributed by atoms with van der Waals surface area (Å²) in [5.41, 5.74) is 1.95. The fraction of sp³-hybridized carbons (Fsp3) is 0.267. The third-order valence-electron chi connectivity index (χ3n) is 2.91. The van der Waals surface area contributed by atoms with E-state index in [2.05, 4.69) is 20.9 Å². The highest BCUT2D eigenvalue weighted by Crippen LogP contribution is 2.17. The van der Waals surface area contributed by atoms with Crippen LogP contribution >= 0.6 is 15.9 Å². The summed E-state index contributed by atoms with van der Waals surface area (Å²) in [7, 11) is 0. The number of pyridine rings is 1. The molecule has 0 aliphatic rings. The molecule has 2 aromatic rings. The van der Waals surface area contributed by atoms with Gasteiger partial charge in [0.15, 0.2) is 0 Å². The zero-order valence-corrected chi connectivity index (χ0v) is 12.0. The molecular weight excluding hydrogens is 309 g/mol. The minimum Gasteiger partial charge on any atom is -0.393 e.